The highest BCUT2D eigenvalue weighted by atomic mass is 79.9. The molecule has 1 atom stereocenters. The molecule has 2 heteroatoms. The molecule has 1 nitrogen and oxygen atoms in total. The highest BCUT2D eigenvalue weighted by Gasteiger charge is 2.32. The van der Waals surface area contributed by atoms with Gasteiger partial charge in [0.25, 0.3) is 0 Å². The van der Waals surface area contributed by atoms with Gasteiger partial charge in [-0.15, -0.1) is 0 Å². The molecule has 2 aliphatic rings. The van der Waals surface area contributed by atoms with Crippen LogP contribution in [0.5, 0.6) is 0 Å². The van der Waals surface area contributed by atoms with E-state index < -0.39 is 0 Å². The third-order valence-electron chi connectivity index (χ3n) is 3.73. The first-order valence-corrected chi connectivity index (χ1v) is 6.41. The van der Waals surface area contributed by atoms with Crippen molar-refractivity contribution in [1.29, 1.82) is 0 Å². The van der Waals surface area contributed by atoms with Gasteiger partial charge >= 0.3 is 0 Å². The summed E-state index contributed by atoms with van der Waals surface area (Å²) >= 11 is 3.76. The van der Waals surface area contributed by atoms with E-state index >= 15 is 0 Å². The molecule has 15 heavy (non-hydrogen) atoms. The molecule has 1 heterocycles. The summed E-state index contributed by atoms with van der Waals surface area (Å²) in [7, 11) is 0. The van der Waals surface area contributed by atoms with Gasteiger partial charge in [-0.1, -0.05) is 15.9 Å². The third-order valence-corrected chi connectivity index (χ3v) is 4.80. The van der Waals surface area contributed by atoms with Gasteiger partial charge in [-0.3, -0.25) is 0 Å². The first kappa shape index (κ1) is 9.86. The summed E-state index contributed by atoms with van der Waals surface area (Å²) < 4.78 is 6.79. The Bertz CT molecular complexity index is 433. The molecule has 1 aromatic rings. The molecule has 0 N–H and O–H groups in total. The largest absolute Gasteiger partial charge is 0.368 e. The van der Waals surface area contributed by atoms with E-state index in [4.69, 9.17) is 4.74 Å². The third kappa shape index (κ3) is 1.38. The van der Waals surface area contributed by atoms with Crippen LogP contribution in [0.2, 0.25) is 0 Å². The van der Waals surface area contributed by atoms with Crippen LogP contribution in [0.25, 0.3) is 0 Å². The Kier molecular flexibility index (Phi) is 2.18. The van der Waals surface area contributed by atoms with Crippen molar-refractivity contribution in [3.05, 3.63) is 32.3 Å². The highest BCUT2D eigenvalue weighted by molar-refractivity contribution is 9.10. The summed E-state index contributed by atoms with van der Waals surface area (Å²) in [5.41, 5.74) is 7.47. The maximum absolute atomic E-state index is 5.45. The van der Waals surface area contributed by atoms with Gasteiger partial charge in [0.2, 0.25) is 0 Å². The second-order valence-corrected chi connectivity index (χ2v) is 5.40. The van der Waals surface area contributed by atoms with Crippen LogP contribution in [-0.4, -0.2) is 6.61 Å². The molecule has 1 aliphatic heterocycles. The molecule has 3 rings (SSSR count). The first-order valence-electron chi connectivity index (χ1n) is 5.62. The molecule has 1 saturated heterocycles. The van der Waals surface area contributed by atoms with Gasteiger partial charge in [-0.05, 0) is 60.9 Å². The first-order chi connectivity index (χ1) is 7.20. The number of benzene rings is 1. The Hall–Kier alpha value is -0.340. The molecule has 1 aromatic carbocycles. The van der Waals surface area contributed by atoms with E-state index in [-0.39, 0.29) is 0 Å². The van der Waals surface area contributed by atoms with E-state index in [0.717, 1.165) is 6.61 Å². The van der Waals surface area contributed by atoms with Crippen molar-refractivity contribution in [2.24, 2.45) is 0 Å². The van der Waals surface area contributed by atoms with Gasteiger partial charge in [0.05, 0.1) is 6.61 Å². The van der Waals surface area contributed by atoms with Gasteiger partial charge in [0, 0.05) is 4.47 Å². The van der Waals surface area contributed by atoms with Crippen LogP contribution in [0.1, 0.15) is 40.3 Å². The van der Waals surface area contributed by atoms with Crippen molar-refractivity contribution in [2.75, 3.05) is 6.61 Å². The second kappa shape index (κ2) is 3.33. The topological polar surface area (TPSA) is 12.5 Å². The number of hydrogen-bond donors (Lipinski definition) is 0. The summed E-state index contributed by atoms with van der Waals surface area (Å²) in [6.45, 7) is 5.39. The Morgan fingerprint density at radius 3 is 2.47 bits per heavy atom. The van der Waals surface area contributed by atoms with Gasteiger partial charge in [-0.25, -0.2) is 0 Å². The lowest BCUT2D eigenvalue weighted by molar-refractivity contribution is 0.414. The average molecular weight is 267 g/mol. The number of fused-ring (bicyclic) bond motifs is 1. The Morgan fingerprint density at radius 2 is 1.80 bits per heavy atom. The quantitative estimate of drug-likeness (QED) is 0.708. The van der Waals surface area contributed by atoms with Crippen molar-refractivity contribution in [3.8, 4) is 0 Å². The molecule has 0 aromatic heterocycles. The monoisotopic (exact) mass is 266 g/mol. The van der Waals surface area contributed by atoms with Crippen molar-refractivity contribution in [2.45, 2.75) is 39.2 Å². The van der Waals surface area contributed by atoms with Crippen molar-refractivity contribution in [1.82, 2.24) is 0 Å². The number of epoxide rings is 1. The molecule has 0 bridgehead atoms. The SMILES string of the molecule is Cc1c(Br)c2c(c(C)c1C1CO1)CCC2. The van der Waals surface area contributed by atoms with E-state index in [1.54, 1.807) is 11.1 Å². The lowest BCUT2D eigenvalue weighted by Crippen LogP contribution is -2.00. The lowest BCUT2D eigenvalue weighted by atomic mass is 9.92. The Labute approximate surface area is 99.0 Å². The average Bonchev–Trinajstić information content (AvgIpc) is 2.92. The molecule has 0 radical (unpaired) electrons. The summed E-state index contributed by atoms with van der Waals surface area (Å²) in [6, 6.07) is 0. The fourth-order valence-corrected chi connectivity index (χ4v) is 3.54. The standard InChI is InChI=1S/C13H15BrO/c1-7-9-4-3-5-10(9)13(14)8(2)12(7)11-6-15-11/h11H,3-6H2,1-2H3. The summed E-state index contributed by atoms with van der Waals surface area (Å²) in [4.78, 5) is 0. The molecule has 0 saturated carbocycles. The van der Waals surface area contributed by atoms with Crippen LogP contribution in [-0.2, 0) is 17.6 Å². The minimum Gasteiger partial charge on any atom is -0.368 e. The van der Waals surface area contributed by atoms with Crippen molar-refractivity contribution in [3.63, 3.8) is 0 Å². The van der Waals surface area contributed by atoms with Crippen molar-refractivity contribution >= 4 is 15.9 Å². The van der Waals surface area contributed by atoms with E-state index in [2.05, 4.69) is 29.8 Å². The molecule has 0 spiro atoms. The van der Waals surface area contributed by atoms with Gasteiger partial charge in [0.15, 0.2) is 0 Å². The normalized spacial score (nSPS) is 23.0. The zero-order valence-corrected chi connectivity index (χ0v) is 10.8. The second-order valence-electron chi connectivity index (χ2n) is 4.61. The number of halogens is 1. The number of rotatable bonds is 1. The Morgan fingerprint density at radius 1 is 1.13 bits per heavy atom. The molecule has 0 amide bonds. The maximum atomic E-state index is 5.45. The minimum absolute atomic E-state index is 0.382. The van der Waals surface area contributed by atoms with Crippen LogP contribution < -0.4 is 0 Å². The van der Waals surface area contributed by atoms with E-state index in [0.29, 0.717) is 6.10 Å². The number of ether oxygens (including phenoxy) is 1. The smallest absolute Gasteiger partial charge is 0.107 e. The Balaban J connectivity index is 2.27. The molecular weight excluding hydrogens is 252 g/mol. The predicted molar refractivity (Wildman–Crippen MR) is 64.3 cm³/mol. The minimum atomic E-state index is 0.382. The van der Waals surface area contributed by atoms with Crippen LogP contribution in [0.4, 0.5) is 0 Å². The summed E-state index contributed by atoms with van der Waals surface area (Å²) in [6.07, 6.45) is 4.18. The van der Waals surface area contributed by atoms with Gasteiger partial charge < -0.3 is 4.74 Å². The zero-order valence-electron chi connectivity index (χ0n) is 9.19. The summed E-state index contributed by atoms with van der Waals surface area (Å²) in [5.74, 6) is 0. The predicted octanol–water partition coefficient (Wildman–Crippen LogP) is 3.63. The molecule has 80 valence electrons. The van der Waals surface area contributed by atoms with Gasteiger partial charge in [-0.2, -0.15) is 0 Å². The maximum Gasteiger partial charge on any atom is 0.107 e. The number of hydrogen-bond acceptors (Lipinski definition) is 1. The van der Waals surface area contributed by atoms with E-state index in [1.807, 2.05) is 0 Å². The van der Waals surface area contributed by atoms with Crippen LogP contribution in [0.15, 0.2) is 4.47 Å². The van der Waals surface area contributed by atoms with Crippen molar-refractivity contribution < 1.29 is 4.74 Å². The van der Waals surface area contributed by atoms with E-state index in [9.17, 15) is 0 Å². The van der Waals surface area contributed by atoms with Crippen LogP contribution in [0, 0.1) is 13.8 Å². The van der Waals surface area contributed by atoms with Crippen LogP contribution in [0.3, 0.4) is 0 Å². The molecular formula is C13H15BrO. The molecule has 1 aliphatic carbocycles. The highest BCUT2D eigenvalue weighted by Crippen LogP contribution is 2.43. The van der Waals surface area contributed by atoms with E-state index in [1.165, 1.54) is 40.4 Å². The van der Waals surface area contributed by atoms with Gasteiger partial charge in [0.1, 0.15) is 6.10 Å². The zero-order chi connectivity index (χ0) is 10.6. The molecule has 1 fully saturated rings. The molecule has 1 unspecified atom stereocenters. The van der Waals surface area contributed by atoms with Crippen LogP contribution >= 0.6 is 15.9 Å². The summed E-state index contributed by atoms with van der Waals surface area (Å²) in [5, 5.41) is 0. The fraction of sp³-hybridized carbons (Fsp3) is 0.538. The fourth-order valence-electron chi connectivity index (χ4n) is 2.89. The lowest BCUT2D eigenvalue weighted by Gasteiger charge is -2.15.